The van der Waals surface area contributed by atoms with E-state index < -0.39 is 22.2 Å². The predicted octanol–water partition coefficient (Wildman–Crippen LogP) is 4.24. The quantitative estimate of drug-likeness (QED) is 0.511. The van der Waals surface area contributed by atoms with Gasteiger partial charge in [-0.05, 0) is 42.0 Å². The largest absolute Gasteiger partial charge is 0.500 e. The lowest BCUT2D eigenvalue weighted by Crippen LogP contribution is -1.93. The molecule has 2 aromatic carbocycles. The predicted molar refractivity (Wildman–Crippen MR) is 94.7 cm³/mol. The smallest absolute Gasteiger partial charge is 0.315 e. The molecule has 0 saturated carbocycles. The van der Waals surface area contributed by atoms with Crippen LogP contribution in [0.2, 0.25) is 0 Å². The van der Waals surface area contributed by atoms with Gasteiger partial charge in [-0.1, -0.05) is 16.8 Å². The second-order valence-corrected chi connectivity index (χ2v) is 5.68. The molecule has 8 nitrogen and oxygen atoms in total. The first-order valence-corrected chi connectivity index (χ1v) is 7.79. The molecule has 0 atom stereocenters. The molecule has 0 bridgehead atoms. The third-order valence-corrected chi connectivity index (χ3v) is 3.79. The van der Waals surface area contributed by atoms with E-state index in [9.17, 15) is 19.6 Å². The van der Waals surface area contributed by atoms with Crippen molar-refractivity contribution in [3.8, 4) is 22.9 Å². The molecule has 0 saturated heterocycles. The van der Waals surface area contributed by atoms with Crippen LogP contribution in [0, 0.1) is 15.9 Å². The number of nitrogens with zero attached hydrogens (tertiary/aromatic N) is 3. The van der Waals surface area contributed by atoms with Gasteiger partial charge in [-0.2, -0.15) is 4.98 Å². The molecule has 10 heteroatoms. The Bertz CT molecular complexity index is 1030. The van der Waals surface area contributed by atoms with E-state index in [1.807, 2.05) is 0 Å². The fourth-order valence-corrected chi connectivity index (χ4v) is 2.44. The maximum Gasteiger partial charge on any atom is 0.315 e. The van der Waals surface area contributed by atoms with Gasteiger partial charge in [0.15, 0.2) is 5.75 Å². The van der Waals surface area contributed by atoms with Gasteiger partial charge in [0.2, 0.25) is 11.6 Å². The lowest BCUT2D eigenvalue weighted by atomic mass is 10.1. The summed E-state index contributed by atoms with van der Waals surface area (Å²) in [5.74, 6) is -0.913. The van der Waals surface area contributed by atoms with Crippen LogP contribution in [0.1, 0.15) is 11.5 Å². The molecule has 1 N–H and O–H groups in total. The van der Waals surface area contributed by atoms with Crippen molar-refractivity contribution < 1.29 is 23.7 Å². The van der Waals surface area contributed by atoms with Crippen molar-refractivity contribution in [3.05, 3.63) is 63.8 Å². The number of phenols is 1. The van der Waals surface area contributed by atoms with E-state index in [1.54, 1.807) is 0 Å². The molecule has 0 spiro atoms. The number of benzene rings is 2. The van der Waals surface area contributed by atoms with E-state index in [1.165, 1.54) is 43.5 Å². The lowest BCUT2D eigenvalue weighted by molar-refractivity contribution is -0.386. The number of methoxy groups -OCH3 is 1. The van der Waals surface area contributed by atoms with Gasteiger partial charge in [-0.3, -0.25) is 10.1 Å². The van der Waals surface area contributed by atoms with Crippen LogP contribution in [-0.2, 0) is 0 Å². The Morgan fingerprint density at radius 1 is 1.37 bits per heavy atom. The van der Waals surface area contributed by atoms with Crippen LogP contribution in [0.3, 0.4) is 0 Å². The maximum absolute atomic E-state index is 13.0. The van der Waals surface area contributed by atoms with Gasteiger partial charge in [0.1, 0.15) is 10.8 Å². The molecule has 138 valence electrons. The molecule has 3 rings (SSSR count). The average molecular weight is 392 g/mol. The first kappa shape index (κ1) is 18.3. The molecule has 1 aromatic heterocycles. The number of phenolic OH excluding ortho intramolecular Hbond substituents is 1. The average Bonchev–Trinajstić information content (AvgIpc) is 3.13. The minimum Gasteiger partial charge on any atom is -0.500 e. The summed E-state index contributed by atoms with van der Waals surface area (Å²) in [6, 6.07) is 7.96. The summed E-state index contributed by atoms with van der Waals surface area (Å²) in [5, 5.41) is 24.6. The first-order chi connectivity index (χ1) is 12.9. The van der Waals surface area contributed by atoms with Crippen molar-refractivity contribution in [3.63, 3.8) is 0 Å². The molecule has 27 heavy (non-hydrogen) atoms. The third-order valence-electron chi connectivity index (χ3n) is 3.52. The van der Waals surface area contributed by atoms with E-state index in [0.29, 0.717) is 5.56 Å². The number of nitro benzene ring substituents is 1. The summed E-state index contributed by atoms with van der Waals surface area (Å²) < 4.78 is 23.0. The molecule has 0 aliphatic carbocycles. The molecule has 0 fully saturated rings. The van der Waals surface area contributed by atoms with Gasteiger partial charge in [0, 0.05) is 11.6 Å². The first-order valence-electron chi connectivity index (χ1n) is 7.41. The molecule has 0 amide bonds. The van der Waals surface area contributed by atoms with Crippen LogP contribution >= 0.6 is 11.6 Å². The fourth-order valence-electron chi connectivity index (χ4n) is 2.24. The van der Waals surface area contributed by atoms with Crippen LogP contribution in [0.15, 0.2) is 40.9 Å². The monoisotopic (exact) mass is 391 g/mol. The summed E-state index contributed by atoms with van der Waals surface area (Å²) in [7, 11) is 1.26. The number of nitro groups is 1. The minimum absolute atomic E-state index is 0.0119. The Balaban J connectivity index is 1.95. The van der Waals surface area contributed by atoms with Crippen LogP contribution in [0.4, 0.5) is 10.1 Å². The molecule has 1 heterocycles. The number of aromatic nitrogens is 2. The molecule has 0 unspecified atom stereocenters. The summed E-state index contributed by atoms with van der Waals surface area (Å²) in [5.41, 5.74) is 0.267. The summed E-state index contributed by atoms with van der Waals surface area (Å²) in [4.78, 5) is 14.4. The van der Waals surface area contributed by atoms with Gasteiger partial charge < -0.3 is 14.4 Å². The highest BCUT2D eigenvalue weighted by Gasteiger charge is 2.20. The molecule has 0 radical (unpaired) electrons. The van der Waals surface area contributed by atoms with E-state index in [-0.39, 0.29) is 28.1 Å². The Morgan fingerprint density at radius 3 is 2.70 bits per heavy atom. The molecular formula is C17H11ClFN3O5. The van der Waals surface area contributed by atoms with Gasteiger partial charge >= 0.3 is 5.69 Å². The lowest BCUT2D eigenvalue weighted by Gasteiger charge is -2.05. The standard InChI is InChI=1S/C17H11ClFN3O5/c1-26-14-8-9(7-13(15(14)23)22(24)25)6-12(18)17-20-16(21-27-17)10-2-4-11(19)5-3-10/h2-8,23H,1H3/b12-6-. The Kier molecular flexibility index (Phi) is 5.04. The molecule has 3 aromatic rings. The summed E-state index contributed by atoms with van der Waals surface area (Å²) in [6.45, 7) is 0. The van der Waals surface area contributed by atoms with Crippen LogP contribution in [0.25, 0.3) is 22.5 Å². The van der Waals surface area contributed by atoms with Crippen molar-refractivity contribution in [2.75, 3.05) is 7.11 Å². The molecule has 0 aliphatic rings. The van der Waals surface area contributed by atoms with E-state index in [2.05, 4.69) is 10.1 Å². The van der Waals surface area contributed by atoms with Gasteiger partial charge in [-0.15, -0.1) is 0 Å². The highest BCUT2D eigenvalue weighted by atomic mass is 35.5. The van der Waals surface area contributed by atoms with E-state index in [4.69, 9.17) is 20.9 Å². The van der Waals surface area contributed by atoms with Crippen LogP contribution in [-0.4, -0.2) is 27.3 Å². The minimum atomic E-state index is -0.748. The van der Waals surface area contributed by atoms with E-state index >= 15 is 0 Å². The Morgan fingerprint density at radius 2 is 2.07 bits per heavy atom. The Hall–Kier alpha value is -3.46. The number of aromatic hydroxyl groups is 1. The second-order valence-electron chi connectivity index (χ2n) is 5.27. The number of rotatable bonds is 5. The van der Waals surface area contributed by atoms with Gasteiger partial charge in [0.05, 0.1) is 12.0 Å². The highest BCUT2D eigenvalue weighted by molar-refractivity contribution is 6.50. The maximum atomic E-state index is 13.0. The van der Waals surface area contributed by atoms with Crippen molar-refractivity contribution >= 4 is 28.4 Å². The molecular weight excluding hydrogens is 381 g/mol. The SMILES string of the molecule is COc1cc(/C=C(\Cl)c2nc(-c3ccc(F)cc3)no2)cc([N+](=O)[O-])c1O. The number of hydrogen-bond acceptors (Lipinski definition) is 7. The Labute approximate surface area is 156 Å². The summed E-state index contributed by atoms with van der Waals surface area (Å²) in [6.07, 6.45) is 1.35. The van der Waals surface area contributed by atoms with E-state index in [0.717, 1.165) is 6.07 Å². The van der Waals surface area contributed by atoms with Crippen molar-refractivity contribution in [2.45, 2.75) is 0 Å². The van der Waals surface area contributed by atoms with Crippen LogP contribution in [0.5, 0.6) is 11.5 Å². The summed E-state index contributed by atoms with van der Waals surface area (Å²) >= 11 is 6.17. The zero-order valence-electron chi connectivity index (χ0n) is 13.7. The number of hydrogen-bond donors (Lipinski definition) is 1. The topological polar surface area (TPSA) is 112 Å². The molecule has 0 aliphatic heterocycles. The van der Waals surface area contributed by atoms with Crippen molar-refractivity contribution in [1.29, 1.82) is 0 Å². The highest BCUT2D eigenvalue weighted by Crippen LogP contribution is 2.38. The second kappa shape index (κ2) is 7.42. The zero-order valence-corrected chi connectivity index (χ0v) is 14.5. The van der Waals surface area contributed by atoms with Gasteiger partial charge in [-0.25, -0.2) is 4.39 Å². The number of halogens is 2. The van der Waals surface area contributed by atoms with Gasteiger partial charge in [0.25, 0.3) is 5.89 Å². The normalized spacial score (nSPS) is 11.4. The van der Waals surface area contributed by atoms with Crippen molar-refractivity contribution in [2.24, 2.45) is 0 Å². The fraction of sp³-hybridized carbons (Fsp3) is 0.0588. The van der Waals surface area contributed by atoms with Crippen LogP contribution < -0.4 is 4.74 Å². The number of ether oxygens (including phenoxy) is 1. The van der Waals surface area contributed by atoms with Crippen molar-refractivity contribution in [1.82, 2.24) is 10.1 Å². The zero-order chi connectivity index (χ0) is 19.6. The third kappa shape index (κ3) is 3.87.